The number of methoxy groups -OCH3 is 1. The highest BCUT2D eigenvalue weighted by molar-refractivity contribution is 5.81. The zero-order valence-electron chi connectivity index (χ0n) is 16.1. The zero-order valence-corrected chi connectivity index (χ0v) is 16.1. The van der Waals surface area contributed by atoms with Crippen molar-refractivity contribution in [3.05, 3.63) is 83.8 Å². The molecule has 5 heteroatoms. The molecule has 0 atom stereocenters. The summed E-state index contributed by atoms with van der Waals surface area (Å²) in [6.45, 7) is 2.42. The Kier molecular flexibility index (Phi) is 6.63. The summed E-state index contributed by atoms with van der Waals surface area (Å²) in [5.41, 5.74) is 2.92. The van der Waals surface area contributed by atoms with Gasteiger partial charge in [0.05, 0.1) is 19.4 Å². The summed E-state index contributed by atoms with van der Waals surface area (Å²) in [5, 5.41) is 0. The number of aromatic nitrogens is 1. The Hall–Kier alpha value is -3.34. The number of hydrogen-bond acceptors (Lipinski definition) is 5. The Balaban J connectivity index is 1.55. The molecule has 0 fully saturated rings. The number of nitrogens with zero attached hydrogens (tertiary/aromatic N) is 1. The molecular weight excluding hydrogens is 354 g/mol. The molecule has 1 heterocycles. The number of benzene rings is 2. The lowest BCUT2D eigenvalue weighted by Gasteiger charge is -2.06. The van der Waals surface area contributed by atoms with Crippen LogP contribution in [0.5, 0.6) is 5.75 Å². The maximum Gasteiger partial charge on any atom is 0.330 e. The topological polar surface area (TPSA) is 61.6 Å². The van der Waals surface area contributed by atoms with Crippen LogP contribution in [0.2, 0.25) is 0 Å². The van der Waals surface area contributed by atoms with E-state index in [4.69, 9.17) is 9.15 Å². The van der Waals surface area contributed by atoms with Crippen molar-refractivity contribution < 1.29 is 18.7 Å². The van der Waals surface area contributed by atoms with Crippen LogP contribution in [0.1, 0.15) is 17.0 Å². The average Bonchev–Trinajstić information content (AvgIpc) is 3.09. The minimum Gasteiger partial charge on any atom is -0.493 e. The second-order valence-corrected chi connectivity index (χ2v) is 6.26. The molecule has 3 aromatic rings. The minimum atomic E-state index is -0.356. The summed E-state index contributed by atoms with van der Waals surface area (Å²) >= 11 is 0. The SMILES string of the molecule is COC(=O)C=CCc1cccc(OCCc2nc(-c3ccccc3)oc2C)c1. The van der Waals surface area contributed by atoms with Crippen LogP contribution in [0.3, 0.4) is 0 Å². The van der Waals surface area contributed by atoms with E-state index in [0.29, 0.717) is 25.3 Å². The number of oxazole rings is 1. The molecule has 0 bridgehead atoms. The lowest BCUT2D eigenvalue weighted by Crippen LogP contribution is -2.03. The number of hydrogen-bond donors (Lipinski definition) is 0. The molecule has 2 aromatic carbocycles. The Morgan fingerprint density at radius 1 is 1.14 bits per heavy atom. The first-order chi connectivity index (χ1) is 13.7. The van der Waals surface area contributed by atoms with Gasteiger partial charge in [-0.3, -0.25) is 0 Å². The number of ether oxygens (including phenoxy) is 2. The first-order valence-corrected chi connectivity index (χ1v) is 9.13. The number of carbonyl (C=O) groups excluding carboxylic acids is 1. The van der Waals surface area contributed by atoms with Gasteiger partial charge in [-0.1, -0.05) is 36.4 Å². The van der Waals surface area contributed by atoms with E-state index in [-0.39, 0.29) is 5.97 Å². The molecule has 3 rings (SSSR count). The van der Waals surface area contributed by atoms with E-state index >= 15 is 0 Å². The largest absolute Gasteiger partial charge is 0.493 e. The van der Waals surface area contributed by atoms with Crippen LogP contribution in [0.4, 0.5) is 0 Å². The highest BCUT2D eigenvalue weighted by Gasteiger charge is 2.11. The van der Waals surface area contributed by atoms with Crippen molar-refractivity contribution >= 4 is 5.97 Å². The van der Waals surface area contributed by atoms with Gasteiger partial charge in [-0.05, 0) is 43.2 Å². The Morgan fingerprint density at radius 3 is 2.75 bits per heavy atom. The van der Waals surface area contributed by atoms with Gasteiger partial charge < -0.3 is 13.9 Å². The molecule has 0 N–H and O–H groups in total. The van der Waals surface area contributed by atoms with Gasteiger partial charge in [-0.2, -0.15) is 0 Å². The third-order valence-electron chi connectivity index (χ3n) is 4.23. The second kappa shape index (κ2) is 9.55. The van der Waals surface area contributed by atoms with Crippen LogP contribution < -0.4 is 4.74 Å². The molecule has 0 amide bonds. The van der Waals surface area contributed by atoms with E-state index < -0.39 is 0 Å². The van der Waals surface area contributed by atoms with Crippen molar-refractivity contribution in [3.63, 3.8) is 0 Å². The second-order valence-electron chi connectivity index (χ2n) is 6.26. The summed E-state index contributed by atoms with van der Waals surface area (Å²) in [6.07, 6.45) is 4.49. The quantitative estimate of drug-likeness (QED) is 0.426. The van der Waals surface area contributed by atoms with Crippen molar-refractivity contribution in [2.45, 2.75) is 19.8 Å². The number of aryl methyl sites for hydroxylation is 1. The summed E-state index contributed by atoms with van der Waals surface area (Å²) in [5.74, 6) is 1.87. The summed E-state index contributed by atoms with van der Waals surface area (Å²) < 4.78 is 16.2. The number of allylic oxidation sites excluding steroid dienone is 1. The predicted molar refractivity (Wildman–Crippen MR) is 107 cm³/mol. The fraction of sp³-hybridized carbons (Fsp3) is 0.217. The van der Waals surface area contributed by atoms with Gasteiger partial charge in [0.1, 0.15) is 11.5 Å². The Morgan fingerprint density at radius 2 is 1.96 bits per heavy atom. The molecular formula is C23H23NO4. The molecule has 0 radical (unpaired) electrons. The molecule has 28 heavy (non-hydrogen) atoms. The number of rotatable bonds is 8. The summed E-state index contributed by atoms with van der Waals surface area (Å²) in [6, 6.07) is 17.7. The number of carbonyl (C=O) groups is 1. The third kappa shape index (κ3) is 5.33. The molecule has 0 unspecified atom stereocenters. The zero-order chi connectivity index (χ0) is 19.8. The fourth-order valence-electron chi connectivity index (χ4n) is 2.75. The van der Waals surface area contributed by atoms with Gasteiger partial charge in [-0.25, -0.2) is 9.78 Å². The van der Waals surface area contributed by atoms with Crippen LogP contribution >= 0.6 is 0 Å². The first kappa shape index (κ1) is 19.4. The average molecular weight is 377 g/mol. The van der Waals surface area contributed by atoms with E-state index in [1.807, 2.05) is 61.5 Å². The lowest BCUT2D eigenvalue weighted by atomic mass is 10.1. The molecule has 0 saturated carbocycles. The van der Waals surface area contributed by atoms with Crippen molar-refractivity contribution in [3.8, 4) is 17.2 Å². The van der Waals surface area contributed by atoms with Crippen molar-refractivity contribution in [2.75, 3.05) is 13.7 Å². The maximum atomic E-state index is 11.1. The van der Waals surface area contributed by atoms with Crippen molar-refractivity contribution in [1.82, 2.24) is 4.98 Å². The van der Waals surface area contributed by atoms with Crippen LogP contribution in [0, 0.1) is 6.92 Å². The van der Waals surface area contributed by atoms with Crippen LogP contribution in [-0.4, -0.2) is 24.7 Å². The van der Waals surface area contributed by atoms with Crippen molar-refractivity contribution in [2.24, 2.45) is 0 Å². The molecule has 0 aliphatic heterocycles. The highest BCUT2D eigenvalue weighted by Crippen LogP contribution is 2.22. The molecule has 144 valence electrons. The number of esters is 1. The highest BCUT2D eigenvalue weighted by atomic mass is 16.5. The lowest BCUT2D eigenvalue weighted by molar-refractivity contribution is -0.134. The maximum absolute atomic E-state index is 11.1. The first-order valence-electron chi connectivity index (χ1n) is 9.13. The van der Waals surface area contributed by atoms with Crippen LogP contribution in [0.15, 0.2) is 71.2 Å². The van der Waals surface area contributed by atoms with Crippen LogP contribution in [-0.2, 0) is 22.4 Å². The summed E-state index contributed by atoms with van der Waals surface area (Å²) in [4.78, 5) is 15.7. The van der Waals surface area contributed by atoms with E-state index in [9.17, 15) is 4.79 Å². The van der Waals surface area contributed by atoms with E-state index in [1.165, 1.54) is 13.2 Å². The molecule has 0 spiro atoms. The minimum absolute atomic E-state index is 0.356. The Bertz CT molecular complexity index is 944. The molecule has 0 aliphatic rings. The Labute approximate surface area is 164 Å². The predicted octanol–water partition coefficient (Wildman–Crippen LogP) is 4.54. The van der Waals surface area contributed by atoms with E-state index in [0.717, 1.165) is 28.3 Å². The van der Waals surface area contributed by atoms with Crippen LogP contribution in [0.25, 0.3) is 11.5 Å². The van der Waals surface area contributed by atoms with Gasteiger partial charge >= 0.3 is 5.97 Å². The molecule has 5 nitrogen and oxygen atoms in total. The molecule has 0 aliphatic carbocycles. The smallest absolute Gasteiger partial charge is 0.330 e. The van der Waals surface area contributed by atoms with Gasteiger partial charge in [0.15, 0.2) is 0 Å². The van der Waals surface area contributed by atoms with E-state index in [2.05, 4.69) is 9.72 Å². The molecule has 0 saturated heterocycles. The van der Waals surface area contributed by atoms with E-state index in [1.54, 1.807) is 6.08 Å². The molecule has 1 aromatic heterocycles. The standard InChI is InChI=1S/C23H23NO4/c1-17-21(24-23(28-17)19-10-4-3-5-11-19)14-15-27-20-12-6-8-18(16-20)9-7-13-22(25)26-2/h3-8,10-13,16H,9,14-15H2,1-2H3. The van der Waals surface area contributed by atoms with Gasteiger partial charge in [0, 0.05) is 18.1 Å². The third-order valence-corrected chi connectivity index (χ3v) is 4.23. The monoisotopic (exact) mass is 377 g/mol. The normalized spacial score (nSPS) is 10.9. The van der Waals surface area contributed by atoms with Gasteiger partial charge in [0.25, 0.3) is 0 Å². The van der Waals surface area contributed by atoms with Gasteiger partial charge in [-0.15, -0.1) is 0 Å². The fourth-order valence-corrected chi connectivity index (χ4v) is 2.75. The van der Waals surface area contributed by atoms with Crippen molar-refractivity contribution in [1.29, 1.82) is 0 Å². The summed E-state index contributed by atoms with van der Waals surface area (Å²) in [7, 11) is 1.36. The van der Waals surface area contributed by atoms with Gasteiger partial charge in [0.2, 0.25) is 5.89 Å².